The lowest BCUT2D eigenvalue weighted by atomic mass is 10.1. The van der Waals surface area contributed by atoms with Crippen molar-refractivity contribution in [1.29, 1.82) is 0 Å². The van der Waals surface area contributed by atoms with Crippen molar-refractivity contribution in [2.45, 2.75) is 20.4 Å². The summed E-state index contributed by atoms with van der Waals surface area (Å²) < 4.78 is 1.80. The van der Waals surface area contributed by atoms with E-state index in [-0.39, 0.29) is 0 Å². The molecule has 2 N–H and O–H groups in total. The van der Waals surface area contributed by atoms with Crippen molar-refractivity contribution in [1.82, 2.24) is 20.2 Å². The highest BCUT2D eigenvalue weighted by molar-refractivity contribution is 5.57. The second-order valence-corrected chi connectivity index (χ2v) is 5.20. The molecule has 1 heterocycles. The van der Waals surface area contributed by atoms with Crippen LogP contribution in [0.3, 0.4) is 0 Å². The maximum atomic E-state index is 5.70. The Morgan fingerprint density at radius 1 is 1.00 bits per heavy atom. The smallest absolute Gasteiger partial charge is 0.182 e. The van der Waals surface area contributed by atoms with Crippen molar-refractivity contribution in [3.05, 3.63) is 59.2 Å². The zero-order chi connectivity index (χ0) is 14.8. The highest BCUT2D eigenvalue weighted by Crippen LogP contribution is 2.20. The Labute approximate surface area is 123 Å². The van der Waals surface area contributed by atoms with Gasteiger partial charge in [0.2, 0.25) is 0 Å². The molecule has 0 fully saturated rings. The molecule has 0 atom stereocenters. The number of hydrogen-bond acceptors (Lipinski definition) is 4. The third kappa shape index (κ3) is 2.76. The quantitative estimate of drug-likeness (QED) is 0.748. The van der Waals surface area contributed by atoms with E-state index in [9.17, 15) is 0 Å². The van der Waals surface area contributed by atoms with Gasteiger partial charge >= 0.3 is 0 Å². The van der Waals surface area contributed by atoms with Gasteiger partial charge in [0.15, 0.2) is 5.82 Å². The first-order chi connectivity index (χ1) is 10.1. The molecule has 0 radical (unpaired) electrons. The predicted molar refractivity (Wildman–Crippen MR) is 82.7 cm³/mol. The van der Waals surface area contributed by atoms with E-state index in [1.165, 1.54) is 11.1 Å². The fourth-order valence-corrected chi connectivity index (χ4v) is 2.19. The van der Waals surface area contributed by atoms with Crippen LogP contribution < -0.4 is 5.73 Å². The molecule has 3 aromatic rings. The second-order valence-electron chi connectivity index (χ2n) is 5.20. The van der Waals surface area contributed by atoms with Crippen LogP contribution in [-0.4, -0.2) is 20.2 Å². The fourth-order valence-electron chi connectivity index (χ4n) is 2.19. The highest BCUT2D eigenvalue weighted by atomic mass is 15.5. The summed E-state index contributed by atoms with van der Waals surface area (Å²) >= 11 is 0. The summed E-state index contributed by atoms with van der Waals surface area (Å²) in [7, 11) is 0. The molecule has 1 aromatic heterocycles. The molecule has 106 valence electrons. The molecule has 0 saturated carbocycles. The van der Waals surface area contributed by atoms with Gasteiger partial charge in [0.1, 0.15) is 0 Å². The van der Waals surface area contributed by atoms with Crippen LogP contribution in [0.25, 0.3) is 11.4 Å². The van der Waals surface area contributed by atoms with Crippen LogP contribution >= 0.6 is 0 Å². The molecule has 0 spiro atoms. The Morgan fingerprint density at radius 2 is 1.76 bits per heavy atom. The summed E-state index contributed by atoms with van der Waals surface area (Å²) in [6.45, 7) is 4.80. The van der Waals surface area contributed by atoms with Crippen molar-refractivity contribution >= 4 is 5.69 Å². The van der Waals surface area contributed by atoms with Crippen LogP contribution in [0, 0.1) is 13.8 Å². The standard InChI is InChI=1S/C16H17N5/c1-11-3-6-14(9-12(11)2)16-18-19-20-21(16)10-13-4-7-15(17)8-5-13/h3-9H,10,17H2,1-2H3. The van der Waals surface area contributed by atoms with Gasteiger partial charge in [0.05, 0.1) is 6.54 Å². The van der Waals surface area contributed by atoms with Crippen molar-refractivity contribution in [3.8, 4) is 11.4 Å². The van der Waals surface area contributed by atoms with Gasteiger partial charge in [-0.3, -0.25) is 0 Å². The van der Waals surface area contributed by atoms with Crippen LogP contribution in [0.4, 0.5) is 5.69 Å². The van der Waals surface area contributed by atoms with E-state index >= 15 is 0 Å². The van der Waals surface area contributed by atoms with E-state index in [1.54, 1.807) is 4.68 Å². The minimum absolute atomic E-state index is 0.621. The number of benzene rings is 2. The normalized spacial score (nSPS) is 10.8. The lowest BCUT2D eigenvalue weighted by Crippen LogP contribution is -2.04. The van der Waals surface area contributed by atoms with E-state index in [0.717, 1.165) is 22.6 Å². The van der Waals surface area contributed by atoms with Gasteiger partial charge in [-0.1, -0.05) is 24.3 Å². The number of rotatable bonds is 3. The molecular weight excluding hydrogens is 262 g/mol. The van der Waals surface area contributed by atoms with Gasteiger partial charge in [0.25, 0.3) is 0 Å². The summed E-state index contributed by atoms with van der Waals surface area (Å²) in [5.74, 6) is 0.773. The lowest BCUT2D eigenvalue weighted by molar-refractivity contribution is 0.653. The Morgan fingerprint density at radius 3 is 2.48 bits per heavy atom. The zero-order valence-electron chi connectivity index (χ0n) is 12.1. The van der Waals surface area contributed by atoms with Crippen LogP contribution in [-0.2, 0) is 6.54 Å². The third-order valence-electron chi connectivity index (χ3n) is 3.61. The number of aryl methyl sites for hydroxylation is 2. The Hall–Kier alpha value is -2.69. The molecule has 0 amide bonds. The summed E-state index contributed by atoms with van der Waals surface area (Å²) in [6, 6.07) is 14.0. The van der Waals surface area contributed by atoms with Crippen LogP contribution in [0.5, 0.6) is 0 Å². The largest absolute Gasteiger partial charge is 0.399 e. The van der Waals surface area contributed by atoms with Crippen LogP contribution in [0.15, 0.2) is 42.5 Å². The van der Waals surface area contributed by atoms with Crippen molar-refractivity contribution in [3.63, 3.8) is 0 Å². The maximum Gasteiger partial charge on any atom is 0.182 e. The number of nitrogens with two attached hydrogens (primary N) is 1. The number of anilines is 1. The van der Waals surface area contributed by atoms with Crippen LogP contribution in [0.1, 0.15) is 16.7 Å². The third-order valence-corrected chi connectivity index (χ3v) is 3.61. The molecule has 0 unspecified atom stereocenters. The minimum Gasteiger partial charge on any atom is -0.399 e. The van der Waals surface area contributed by atoms with Gasteiger partial charge in [0, 0.05) is 11.3 Å². The summed E-state index contributed by atoms with van der Waals surface area (Å²) in [4.78, 5) is 0. The molecule has 0 aliphatic heterocycles. The molecule has 21 heavy (non-hydrogen) atoms. The van der Waals surface area contributed by atoms with E-state index in [2.05, 4.69) is 41.5 Å². The molecule has 5 nitrogen and oxygen atoms in total. The lowest BCUT2D eigenvalue weighted by Gasteiger charge is -2.07. The first kappa shape index (κ1) is 13.3. The Balaban J connectivity index is 1.93. The van der Waals surface area contributed by atoms with Gasteiger partial charge in [-0.25, -0.2) is 4.68 Å². The van der Waals surface area contributed by atoms with E-state index in [1.807, 2.05) is 30.3 Å². The van der Waals surface area contributed by atoms with Gasteiger partial charge in [-0.2, -0.15) is 0 Å². The molecule has 0 aliphatic carbocycles. The van der Waals surface area contributed by atoms with Crippen LogP contribution in [0.2, 0.25) is 0 Å². The maximum absolute atomic E-state index is 5.70. The predicted octanol–water partition coefficient (Wildman–Crippen LogP) is 2.59. The number of tetrazole rings is 1. The summed E-state index contributed by atoms with van der Waals surface area (Å²) in [6.07, 6.45) is 0. The fraction of sp³-hybridized carbons (Fsp3) is 0.188. The average molecular weight is 279 g/mol. The highest BCUT2D eigenvalue weighted by Gasteiger charge is 2.10. The first-order valence-corrected chi connectivity index (χ1v) is 6.82. The second kappa shape index (κ2) is 5.36. The topological polar surface area (TPSA) is 69.6 Å². The van der Waals surface area contributed by atoms with E-state index in [4.69, 9.17) is 5.73 Å². The minimum atomic E-state index is 0.621. The molecular formula is C16H17N5. The molecule has 3 rings (SSSR count). The number of nitrogens with zero attached hydrogens (tertiary/aromatic N) is 4. The van der Waals surface area contributed by atoms with Crippen molar-refractivity contribution < 1.29 is 0 Å². The molecule has 0 bridgehead atoms. The number of aromatic nitrogens is 4. The van der Waals surface area contributed by atoms with E-state index in [0.29, 0.717) is 6.54 Å². The molecule has 0 aliphatic rings. The SMILES string of the molecule is Cc1ccc(-c2nnnn2Cc2ccc(N)cc2)cc1C. The first-order valence-electron chi connectivity index (χ1n) is 6.82. The monoisotopic (exact) mass is 279 g/mol. The summed E-state index contributed by atoms with van der Waals surface area (Å²) in [5.41, 5.74) is 11.1. The number of hydrogen-bond donors (Lipinski definition) is 1. The van der Waals surface area contributed by atoms with Gasteiger partial charge in [-0.15, -0.1) is 5.10 Å². The summed E-state index contributed by atoms with van der Waals surface area (Å²) in [5, 5.41) is 12.0. The average Bonchev–Trinajstić information content (AvgIpc) is 2.92. The Kier molecular flexibility index (Phi) is 3.39. The Bertz CT molecular complexity index is 759. The molecule has 0 saturated heterocycles. The van der Waals surface area contributed by atoms with E-state index < -0.39 is 0 Å². The molecule has 2 aromatic carbocycles. The number of nitrogen functional groups attached to an aromatic ring is 1. The van der Waals surface area contributed by atoms with Gasteiger partial charge < -0.3 is 5.73 Å². The zero-order valence-corrected chi connectivity index (χ0v) is 12.1. The van der Waals surface area contributed by atoms with Crippen molar-refractivity contribution in [2.75, 3.05) is 5.73 Å². The molecule has 5 heteroatoms. The van der Waals surface area contributed by atoms with Gasteiger partial charge in [-0.05, 0) is 59.2 Å². The van der Waals surface area contributed by atoms with Crippen molar-refractivity contribution in [2.24, 2.45) is 0 Å².